The van der Waals surface area contributed by atoms with E-state index in [1.165, 1.54) is 109 Å². The van der Waals surface area contributed by atoms with Crippen LogP contribution in [0, 0.1) is 0 Å². The number of allylic oxidation sites excluding steroid dienone is 6. The van der Waals surface area contributed by atoms with Gasteiger partial charge in [-0.3, -0.25) is 13.8 Å². The third-order valence-electron chi connectivity index (χ3n) is 11.5. The lowest BCUT2D eigenvalue weighted by atomic mass is 9.85. The van der Waals surface area contributed by atoms with Crippen molar-refractivity contribution in [3.05, 3.63) is 36.5 Å². The number of ether oxygens (including phenoxy) is 2. The second kappa shape index (κ2) is 39.9. The fourth-order valence-corrected chi connectivity index (χ4v) is 8.58. The van der Waals surface area contributed by atoms with Gasteiger partial charge in [0.05, 0.1) is 13.2 Å². The maximum atomic E-state index is 12.8. The first kappa shape index (κ1) is 58.6. The van der Waals surface area contributed by atoms with Crippen molar-refractivity contribution in [1.29, 1.82) is 0 Å². The molecular weight excluding hydrogens is 812 g/mol. The molecular formula is C49H91O12P. The minimum atomic E-state index is -5.02. The van der Waals surface area contributed by atoms with Crippen LogP contribution in [0.15, 0.2) is 36.5 Å². The molecule has 0 aliphatic heterocycles. The van der Waals surface area contributed by atoms with Gasteiger partial charge in [0.25, 0.3) is 0 Å². The zero-order chi connectivity index (χ0) is 45.5. The van der Waals surface area contributed by atoms with Gasteiger partial charge in [0.1, 0.15) is 42.7 Å². The van der Waals surface area contributed by atoms with Crippen LogP contribution in [0.2, 0.25) is 0 Å². The summed E-state index contributed by atoms with van der Waals surface area (Å²) >= 11 is 0. The highest BCUT2D eigenvalue weighted by atomic mass is 31.2. The first-order valence-corrected chi connectivity index (χ1v) is 26.3. The molecule has 0 radical (unpaired) electrons. The zero-order valence-electron chi connectivity index (χ0n) is 38.9. The fourth-order valence-electron chi connectivity index (χ4n) is 7.61. The summed E-state index contributed by atoms with van der Waals surface area (Å²) < 4.78 is 34.2. The topological polar surface area (TPSA) is 192 Å². The number of aliphatic hydroxyl groups excluding tert-OH is 5. The summed E-state index contributed by atoms with van der Waals surface area (Å²) in [5.74, 6) is -0.482. The second-order valence-electron chi connectivity index (χ2n) is 17.3. The van der Waals surface area contributed by atoms with E-state index < -0.39 is 63.1 Å². The van der Waals surface area contributed by atoms with Crippen LogP contribution < -0.4 is 0 Å². The highest BCUT2D eigenvalue weighted by Crippen LogP contribution is 2.47. The standard InChI is InChI=1S/C49H91O12P/c1-3-5-7-9-11-13-15-17-19-20-21-22-23-24-25-26-28-30-32-34-36-38-43(50)60-42(40-58-39-37-35-33-31-29-27-18-16-14-12-10-8-6-4-2)41-59-62(56,57)61-49-47(54)45(52)44(51)46(53)48(49)55/h6,8,12,14,18,27,42,44-49,51-55H,3-5,7,9-11,13,15-17,19-26,28-41H2,1-2H3,(H,56,57)/b8-6-,14-12-,27-18-. The van der Waals surface area contributed by atoms with E-state index in [2.05, 4.69) is 50.3 Å². The maximum absolute atomic E-state index is 12.8. The summed E-state index contributed by atoms with van der Waals surface area (Å²) in [6.07, 6.45) is 35.1. The summed E-state index contributed by atoms with van der Waals surface area (Å²) in [6.45, 7) is 4.12. The Bertz CT molecular complexity index is 1170. The molecule has 13 heteroatoms. The van der Waals surface area contributed by atoms with Crippen LogP contribution in [0.1, 0.15) is 206 Å². The Morgan fingerprint density at radius 3 is 1.45 bits per heavy atom. The number of carbonyl (C=O) groups excluding carboxylic acids is 1. The fraction of sp³-hybridized carbons (Fsp3) is 0.857. The van der Waals surface area contributed by atoms with E-state index in [1.54, 1.807) is 0 Å². The molecule has 0 aromatic rings. The van der Waals surface area contributed by atoms with Crippen LogP contribution in [0.5, 0.6) is 0 Å². The molecule has 0 heterocycles. The third kappa shape index (κ3) is 31.4. The van der Waals surface area contributed by atoms with Crippen LogP contribution in [-0.4, -0.2) is 98.9 Å². The van der Waals surface area contributed by atoms with Crippen LogP contribution >= 0.6 is 7.82 Å². The molecule has 1 saturated carbocycles. The molecule has 0 amide bonds. The largest absolute Gasteiger partial charge is 0.472 e. The van der Waals surface area contributed by atoms with Gasteiger partial charge in [-0.1, -0.05) is 192 Å². The van der Waals surface area contributed by atoms with Crippen LogP contribution in [0.3, 0.4) is 0 Å². The lowest BCUT2D eigenvalue weighted by Crippen LogP contribution is -2.64. The maximum Gasteiger partial charge on any atom is 0.472 e. The van der Waals surface area contributed by atoms with Gasteiger partial charge in [-0.25, -0.2) is 4.57 Å². The molecule has 6 unspecified atom stereocenters. The first-order chi connectivity index (χ1) is 30.0. The monoisotopic (exact) mass is 903 g/mol. The molecule has 12 nitrogen and oxygen atoms in total. The number of aliphatic hydroxyl groups is 5. The van der Waals surface area contributed by atoms with Gasteiger partial charge in [0, 0.05) is 13.0 Å². The Hall–Kier alpha value is -1.44. The van der Waals surface area contributed by atoms with Crippen molar-refractivity contribution < 1.29 is 58.3 Å². The van der Waals surface area contributed by atoms with Gasteiger partial charge in [-0.2, -0.15) is 0 Å². The van der Waals surface area contributed by atoms with Gasteiger partial charge < -0.3 is 39.9 Å². The van der Waals surface area contributed by atoms with E-state index in [9.17, 15) is 39.8 Å². The number of esters is 1. The molecule has 1 aliphatic rings. The molecule has 1 aliphatic carbocycles. The number of unbranched alkanes of at least 4 members (excludes halogenated alkanes) is 24. The Kier molecular flexibility index (Phi) is 37.7. The Morgan fingerprint density at radius 2 is 0.952 bits per heavy atom. The van der Waals surface area contributed by atoms with Crippen molar-refractivity contribution in [3.63, 3.8) is 0 Å². The SMILES string of the molecule is CC/C=C\C/C=C\C/C=C\CCCCCCOCC(COP(=O)(O)OC1C(O)C(O)C(O)C(O)C1O)OC(=O)CCCCCCCCCCCCCCCCCCCCCCC. The Morgan fingerprint density at radius 1 is 0.532 bits per heavy atom. The number of hydrogen-bond acceptors (Lipinski definition) is 11. The van der Waals surface area contributed by atoms with Crippen LogP contribution in [-0.2, 0) is 27.9 Å². The van der Waals surface area contributed by atoms with Crippen molar-refractivity contribution in [2.75, 3.05) is 19.8 Å². The minimum Gasteiger partial charge on any atom is -0.457 e. The lowest BCUT2D eigenvalue weighted by Gasteiger charge is -2.41. The average molecular weight is 903 g/mol. The van der Waals surface area contributed by atoms with Gasteiger partial charge in [-0.05, 0) is 44.9 Å². The zero-order valence-corrected chi connectivity index (χ0v) is 39.8. The highest BCUT2D eigenvalue weighted by Gasteiger charge is 2.51. The first-order valence-electron chi connectivity index (χ1n) is 24.8. The molecule has 0 aromatic heterocycles. The second-order valence-corrected chi connectivity index (χ2v) is 18.7. The summed E-state index contributed by atoms with van der Waals surface area (Å²) in [7, 11) is -5.02. The highest BCUT2D eigenvalue weighted by molar-refractivity contribution is 7.47. The molecule has 0 saturated heterocycles. The van der Waals surface area contributed by atoms with Gasteiger partial charge >= 0.3 is 13.8 Å². The van der Waals surface area contributed by atoms with E-state index in [0.717, 1.165) is 70.6 Å². The number of carbonyl (C=O) groups is 1. The summed E-state index contributed by atoms with van der Waals surface area (Å²) in [5, 5.41) is 50.2. The predicted molar refractivity (Wildman–Crippen MR) is 249 cm³/mol. The van der Waals surface area contributed by atoms with Crippen molar-refractivity contribution in [2.45, 2.75) is 249 Å². The Labute approximate surface area is 376 Å². The number of rotatable bonds is 42. The summed E-state index contributed by atoms with van der Waals surface area (Å²) in [6, 6.07) is 0. The number of phosphoric acid groups is 1. The third-order valence-corrected chi connectivity index (χ3v) is 12.5. The molecule has 0 bridgehead atoms. The van der Waals surface area contributed by atoms with E-state index in [1.807, 2.05) is 0 Å². The Balaban J connectivity index is 2.34. The van der Waals surface area contributed by atoms with Gasteiger partial charge in [-0.15, -0.1) is 0 Å². The minimum absolute atomic E-state index is 0.0894. The van der Waals surface area contributed by atoms with E-state index in [-0.39, 0.29) is 13.0 Å². The molecule has 0 aromatic carbocycles. The molecule has 0 spiro atoms. The molecule has 1 fully saturated rings. The van der Waals surface area contributed by atoms with Crippen LogP contribution in [0.25, 0.3) is 0 Å². The van der Waals surface area contributed by atoms with Gasteiger partial charge in [0.2, 0.25) is 0 Å². The average Bonchev–Trinajstić information content (AvgIpc) is 3.26. The smallest absolute Gasteiger partial charge is 0.457 e. The number of phosphoric ester groups is 1. The summed E-state index contributed by atoms with van der Waals surface area (Å²) in [5.41, 5.74) is 0. The van der Waals surface area contributed by atoms with E-state index >= 15 is 0 Å². The quantitative estimate of drug-likeness (QED) is 0.0147. The normalized spacial score (nSPS) is 22.3. The van der Waals surface area contributed by atoms with E-state index in [0.29, 0.717) is 13.0 Å². The van der Waals surface area contributed by atoms with Gasteiger partial charge in [0.15, 0.2) is 0 Å². The lowest BCUT2D eigenvalue weighted by molar-refractivity contribution is -0.220. The molecule has 364 valence electrons. The number of hydrogen-bond donors (Lipinski definition) is 6. The van der Waals surface area contributed by atoms with E-state index in [4.69, 9.17) is 18.5 Å². The van der Waals surface area contributed by atoms with Crippen molar-refractivity contribution >= 4 is 13.8 Å². The molecule has 62 heavy (non-hydrogen) atoms. The predicted octanol–water partition coefficient (Wildman–Crippen LogP) is 10.6. The molecule has 6 N–H and O–H groups in total. The molecule has 1 rings (SSSR count). The van der Waals surface area contributed by atoms with Crippen molar-refractivity contribution in [1.82, 2.24) is 0 Å². The summed E-state index contributed by atoms with van der Waals surface area (Å²) in [4.78, 5) is 23.2. The van der Waals surface area contributed by atoms with Crippen molar-refractivity contribution in [3.8, 4) is 0 Å². The molecule has 6 atom stereocenters. The van der Waals surface area contributed by atoms with Crippen LogP contribution in [0.4, 0.5) is 0 Å². The van der Waals surface area contributed by atoms with Crippen molar-refractivity contribution in [2.24, 2.45) is 0 Å².